The van der Waals surface area contributed by atoms with E-state index in [1.54, 1.807) is 0 Å². The third kappa shape index (κ3) is 4.94. The molecule has 144 valence electrons. The predicted molar refractivity (Wildman–Crippen MR) is 125 cm³/mol. The highest BCUT2D eigenvalue weighted by Crippen LogP contribution is 2.27. The van der Waals surface area contributed by atoms with Crippen molar-refractivity contribution in [2.24, 2.45) is 0 Å². The number of rotatable bonds is 5. The fourth-order valence-electron chi connectivity index (χ4n) is 3.57. The number of aryl methyl sites for hydroxylation is 2. The Hall–Kier alpha value is -3.32. The molecule has 4 rings (SSSR count). The minimum atomic E-state index is 0.328. The second kappa shape index (κ2) is 8.79. The summed E-state index contributed by atoms with van der Waals surface area (Å²) in [6.45, 7) is 4.24. The van der Waals surface area contributed by atoms with Gasteiger partial charge in [-0.2, -0.15) is 0 Å². The van der Waals surface area contributed by atoms with Crippen LogP contribution in [0.3, 0.4) is 0 Å². The van der Waals surface area contributed by atoms with E-state index in [2.05, 4.69) is 122 Å². The first kappa shape index (κ1) is 19.0. The van der Waals surface area contributed by atoms with Crippen LogP contribution in [0.15, 0.2) is 109 Å². The molecule has 1 atom stereocenters. The molecule has 0 heterocycles. The van der Waals surface area contributed by atoms with Gasteiger partial charge in [0.15, 0.2) is 0 Å². The number of hydrogen-bond donors (Lipinski definition) is 1. The van der Waals surface area contributed by atoms with Gasteiger partial charge in [0.1, 0.15) is 0 Å². The van der Waals surface area contributed by atoms with Crippen LogP contribution < -0.4 is 5.32 Å². The molecule has 0 fully saturated rings. The maximum atomic E-state index is 3.60. The molecule has 1 N–H and O–H groups in total. The summed E-state index contributed by atoms with van der Waals surface area (Å²) in [5.74, 6) is 0. The summed E-state index contributed by atoms with van der Waals surface area (Å²) < 4.78 is 0. The summed E-state index contributed by atoms with van der Waals surface area (Å²) in [5, 5.41) is 3.60. The molecule has 1 aliphatic rings. The van der Waals surface area contributed by atoms with Crippen LogP contribution in [-0.4, -0.2) is 6.04 Å². The summed E-state index contributed by atoms with van der Waals surface area (Å²) in [5.41, 5.74) is 8.73. The molecule has 0 aromatic heterocycles. The van der Waals surface area contributed by atoms with Crippen LogP contribution in [0.5, 0.6) is 0 Å². The van der Waals surface area contributed by atoms with Crippen molar-refractivity contribution in [3.05, 3.63) is 131 Å². The van der Waals surface area contributed by atoms with E-state index >= 15 is 0 Å². The lowest BCUT2D eigenvalue weighted by molar-refractivity contribution is 0.877. The van der Waals surface area contributed by atoms with Gasteiger partial charge in [0.05, 0.1) is 0 Å². The zero-order valence-electron chi connectivity index (χ0n) is 17.1. The van der Waals surface area contributed by atoms with Gasteiger partial charge in [0, 0.05) is 11.7 Å². The first-order valence-electron chi connectivity index (χ1n) is 10.2. The Morgan fingerprint density at radius 2 is 1.41 bits per heavy atom. The van der Waals surface area contributed by atoms with Gasteiger partial charge in [-0.1, -0.05) is 96.1 Å². The van der Waals surface area contributed by atoms with Crippen molar-refractivity contribution in [2.75, 3.05) is 5.32 Å². The van der Waals surface area contributed by atoms with E-state index in [-0.39, 0.29) is 0 Å². The Balaban J connectivity index is 1.55. The Morgan fingerprint density at radius 3 is 2.03 bits per heavy atom. The Labute approximate surface area is 174 Å². The number of nitrogens with one attached hydrogen (secondary N) is 1. The lowest BCUT2D eigenvalue weighted by Crippen LogP contribution is -2.17. The molecular formula is C28H27N. The average molecular weight is 378 g/mol. The van der Waals surface area contributed by atoms with Crippen molar-refractivity contribution < 1.29 is 0 Å². The van der Waals surface area contributed by atoms with Crippen molar-refractivity contribution >= 4 is 11.3 Å². The van der Waals surface area contributed by atoms with Crippen LogP contribution in [-0.2, 0) is 0 Å². The third-order valence-electron chi connectivity index (χ3n) is 5.29. The molecule has 0 saturated carbocycles. The second-order valence-corrected chi connectivity index (χ2v) is 7.71. The minimum Gasteiger partial charge on any atom is -0.379 e. The van der Waals surface area contributed by atoms with E-state index in [9.17, 15) is 0 Å². The Bertz CT molecular complexity index is 1040. The largest absolute Gasteiger partial charge is 0.379 e. The predicted octanol–water partition coefficient (Wildman–Crippen LogP) is 7.10. The van der Waals surface area contributed by atoms with E-state index in [0.717, 1.165) is 6.42 Å². The van der Waals surface area contributed by atoms with E-state index in [4.69, 9.17) is 0 Å². The summed E-state index contributed by atoms with van der Waals surface area (Å²) in [6, 6.07) is 28.3. The molecule has 3 aromatic carbocycles. The molecule has 0 saturated heterocycles. The third-order valence-corrected chi connectivity index (χ3v) is 5.29. The van der Waals surface area contributed by atoms with Crippen molar-refractivity contribution in [1.29, 1.82) is 0 Å². The Morgan fingerprint density at radius 1 is 0.793 bits per heavy atom. The second-order valence-electron chi connectivity index (χ2n) is 7.71. The summed E-state index contributed by atoms with van der Waals surface area (Å²) in [4.78, 5) is 0. The lowest BCUT2D eigenvalue weighted by Gasteiger charge is -2.19. The van der Waals surface area contributed by atoms with Crippen molar-refractivity contribution in [2.45, 2.75) is 26.3 Å². The molecule has 1 nitrogen and oxygen atoms in total. The zero-order valence-corrected chi connectivity index (χ0v) is 17.1. The van der Waals surface area contributed by atoms with Gasteiger partial charge >= 0.3 is 0 Å². The molecule has 0 bridgehead atoms. The highest BCUT2D eigenvalue weighted by atomic mass is 14.9. The van der Waals surface area contributed by atoms with E-state index in [0.29, 0.717) is 6.04 Å². The first-order valence-corrected chi connectivity index (χ1v) is 10.2. The van der Waals surface area contributed by atoms with E-state index in [1.165, 1.54) is 39.1 Å². The van der Waals surface area contributed by atoms with Crippen LogP contribution in [0.4, 0.5) is 5.69 Å². The highest BCUT2D eigenvalue weighted by molar-refractivity contribution is 5.82. The molecule has 0 amide bonds. The Kier molecular flexibility index (Phi) is 5.76. The molecule has 0 radical (unpaired) electrons. The van der Waals surface area contributed by atoms with Gasteiger partial charge in [-0.05, 0) is 60.8 Å². The van der Waals surface area contributed by atoms with Gasteiger partial charge in [0.2, 0.25) is 0 Å². The summed E-state index contributed by atoms with van der Waals surface area (Å²) in [7, 11) is 0. The van der Waals surface area contributed by atoms with Gasteiger partial charge in [-0.25, -0.2) is 0 Å². The van der Waals surface area contributed by atoms with Crippen LogP contribution in [0.2, 0.25) is 0 Å². The van der Waals surface area contributed by atoms with E-state index in [1.807, 2.05) is 0 Å². The van der Waals surface area contributed by atoms with Crippen LogP contribution in [0.25, 0.3) is 5.57 Å². The minimum absolute atomic E-state index is 0.328. The van der Waals surface area contributed by atoms with Crippen LogP contribution >= 0.6 is 0 Å². The van der Waals surface area contributed by atoms with Crippen molar-refractivity contribution in [3.63, 3.8) is 0 Å². The SMILES string of the molecule is Cc1ccc(NC2C=CC(C=C(c3ccccc3)c3ccc(C)cc3)=CC2)cc1. The molecule has 0 spiro atoms. The first-order chi connectivity index (χ1) is 14.2. The summed E-state index contributed by atoms with van der Waals surface area (Å²) >= 11 is 0. The number of hydrogen-bond acceptors (Lipinski definition) is 1. The normalized spacial score (nSPS) is 16.4. The van der Waals surface area contributed by atoms with Crippen molar-refractivity contribution in [3.8, 4) is 0 Å². The molecule has 1 heteroatoms. The van der Waals surface area contributed by atoms with Gasteiger partial charge in [0.25, 0.3) is 0 Å². The van der Waals surface area contributed by atoms with E-state index < -0.39 is 0 Å². The smallest absolute Gasteiger partial charge is 0.0482 e. The van der Waals surface area contributed by atoms with Crippen LogP contribution in [0, 0.1) is 13.8 Å². The molecule has 29 heavy (non-hydrogen) atoms. The fraction of sp³-hybridized carbons (Fsp3) is 0.143. The molecular weight excluding hydrogens is 350 g/mol. The molecule has 1 unspecified atom stereocenters. The van der Waals surface area contributed by atoms with Gasteiger partial charge < -0.3 is 5.32 Å². The van der Waals surface area contributed by atoms with Gasteiger partial charge in [-0.3, -0.25) is 0 Å². The molecule has 3 aromatic rings. The fourth-order valence-corrected chi connectivity index (χ4v) is 3.57. The van der Waals surface area contributed by atoms with Crippen LogP contribution in [0.1, 0.15) is 28.7 Å². The number of anilines is 1. The monoisotopic (exact) mass is 377 g/mol. The number of allylic oxidation sites excluding steroid dienone is 3. The van der Waals surface area contributed by atoms with Gasteiger partial charge in [-0.15, -0.1) is 0 Å². The standard InChI is InChI=1S/C28H27N/c1-21-8-14-25(15-9-21)28(24-6-4-3-5-7-24)20-23-12-18-27(19-13-23)29-26-16-10-22(2)11-17-26/h3-18,20,27,29H,19H2,1-2H3. The topological polar surface area (TPSA) is 12.0 Å². The lowest BCUT2D eigenvalue weighted by atomic mass is 9.93. The molecule has 1 aliphatic carbocycles. The maximum absolute atomic E-state index is 3.60. The molecule has 0 aliphatic heterocycles. The number of benzene rings is 3. The average Bonchev–Trinajstić information content (AvgIpc) is 2.76. The highest BCUT2D eigenvalue weighted by Gasteiger charge is 2.10. The quantitative estimate of drug-likeness (QED) is 0.500. The van der Waals surface area contributed by atoms with Crippen molar-refractivity contribution in [1.82, 2.24) is 0 Å². The zero-order chi connectivity index (χ0) is 20.1. The maximum Gasteiger partial charge on any atom is 0.0482 e. The summed E-state index contributed by atoms with van der Waals surface area (Å²) in [6.07, 6.45) is 10.1.